The Morgan fingerprint density at radius 2 is 1.53 bits per heavy atom. The number of nitriles is 2. The predicted octanol–water partition coefficient (Wildman–Crippen LogP) is 1.92. The summed E-state index contributed by atoms with van der Waals surface area (Å²) in [5.41, 5.74) is -0.332. The van der Waals surface area contributed by atoms with Crippen LogP contribution in [0.2, 0.25) is 0 Å². The van der Waals surface area contributed by atoms with E-state index in [1.165, 1.54) is 6.07 Å². The second-order valence-corrected chi connectivity index (χ2v) is 3.81. The van der Waals surface area contributed by atoms with Crippen molar-refractivity contribution in [1.82, 2.24) is 0 Å². The van der Waals surface area contributed by atoms with Gasteiger partial charge in [0.05, 0.1) is 17.1 Å². The number of benzene rings is 1. The molecule has 0 fully saturated rings. The van der Waals surface area contributed by atoms with Gasteiger partial charge < -0.3 is 10.2 Å². The minimum Gasteiger partial charge on any atom is -0.502 e. The summed E-state index contributed by atoms with van der Waals surface area (Å²) in [6.07, 6.45) is 0.465. The monoisotopic (exact) mass is 261 g/mol. The van der Waals surface area contributed by atoms with Crippen LogP contribution in [0, 0.1) is 32.8 Å². The van der Waals surface area contributed by atoms with Crippen LogP contribution < -0.4 is 0 Å². The van der Waals surface area contributed by atoms with Crippen LogP contribution in [0.5, 0.6) is 11.5 Å². The fourth-order valence-electron chi connectivity index (χ4n) is 1.70. The molecule has 0 radical (unpaired) electrons. The summed E-state index contributed by atoms with van der Waals surface area (Å²) < 4.78 is 0. The lowest BCUT2D eigenvalue weighted by molar-refractivity contribution is -0.387. The van der Waals surface area contributed by atoms with Crippen LogP contribution >= 0.6 is 0 Å². The molecule has 0 saturated heterocycles. The molecule has 0 unspecified atom stereocenters. The first-order valence-electron chi connectivity index (χ1n) is 5.47. The lowest BCUT2D eigenvalue weighted by Gasteiger charge is -2.09. The van der Waals surface area contributed by atoms with Gasteiger partial charge in [0.15, 0.2) is 0 Å². The lowest BCUT2D eigenvalue weighted by Crippen LogP contribution is -1.98. The van der Waals surface area contributed by atoms with Gasteiger partial charge in [-0.15, -0.1) is 0 Å². The topological polar surface area (TPSA) is 131 Å². The highest BCUT2D eigenvalue weighted by molar-refractivity contribution is 5.63. The number of phenolic OH excluding ortho intramolecular Hbond substituents is 2. The van der Waals surface area contributed by atoms with E-state index in [-0.39, 0.29) is 36.8 Å². The van der Waals surface area contributed by atoms with Crippen molar-refractivity contribution in [2.75, 3.05) is 0 Å². The van der Waals surface area contributed by atoms with Crippen LogP contribution in [0.25, 0.3) is 0 Å². The van der Waals surface area contributed by atoms with Crippen LogP contribution in [-0.2, 0) is 12.8 Å². The van der Waals surface area contributed by atoms with Gasteiger partial charge in [-0.1, -0.05) is 0 Å². The molecule has 7 nitrogen and oxygen atoms in total. The minimum absolute atomic E-state index is 0.0905. The fourth-order valence-corrected chi connectivity index (χ4v) is 1.70. The summed E-state index contributed by atoms with van der Waals surface area (Å²) in [4.78, 5) is 9.97. The molecular weight excluding hydrogens is 250 g/mol. The van der Waals surface area contributed by atoms with E-state index in [0.29, 0.717) is 0 Å². The largest absolute Gasteiger partial charge is 0.502 e. The van der Waals surface area contributed by atoms with Crippen LogP contribution in [0.3, 0.4) is 0 Å². The third-order valence-corrected chi connectivity index (χ3v) is 2.60. The SMILES string of the molecule is N#CCCc1cc(CCC#N)c(O)c([N+](=O)[O-])c1O. The smallest absolute Gasteiger partial charge is 0.352 e. The molecule has 0 aromatic heterocycles. The standard InChI is InChI=1S/C12H11N3O4/c13-5-1-3-8-7-9(4-2-6-14)12(17)10(11(8)16)15(18)19/h7,16-17H,1-4H2. The second-order valence-electron chi connectivity index (χ2n) is 3.81. The number of hydrogen-bond acceptors (Lipinski definition) is 6. The van der Waals surface area contributed by atoms with Gasteiger partial charge in [0, 0.05) is 24.0 Å². The van der Waals surface area contributed by atoms with Crippen molar-refractivity contribution < 1.29 is 15.1 Å². The van der Waals surface area contributed by atoms with E-state index in [1.807, 2.05) is 12.1 Å². The average Bonchev–Trinajstić information content (AvgIpc) is 2.36. The van der Waals surface area contributed by atoms with Crippen molar-refractivity contribution in [1.29, 1.82) is 10.5 Å². The molecule has 2 N–H and O–H groups in total. The highest BCUT2D eigenvalue weighted by Crippen LogP contribution is 2.41. The number of aromatic hydroxyl groups is 2. The number of phenols is 2. The summed E-state index contributed by atoms with van der Waals surface area (Å²) >= 11 is 0. The van der Waals surface area contributed by atoms with Crippen LogP contribution in [0.1, 0.15) is 24.0 Å². The van der Waals surface area contributed by atoms with Gasteiger partial charge in [-0.25, -0.2) is 0 Å². The Morgan fingerprint density at radius 1 is 1.11 bits per heavy atom. The number of nitrogens with zero attached hydrogens (tertiary/aromatic N) is 3. The first-order chi connectivity index (χ1) is 9.02. The van der Waals surface area contributed by atoms with Crippen molar-refractivity contribution in [2.45, 2.75) is 25.7 Å². The molecule has 7 heteroatoms. The highest BCUT2D eigenvalue weighted by atomic mass is 16.6. The third kappa shape index (κ3) is 3.11. The van der Waals surface area contributed by atoms with Crippen LogP contribution in [-0.4, -0.2) is 15.1 Å². The Morgan fingerprint density at radius 3 is 1.84 bits per heavy atom. The predicted molar refractivity (Wildman–Crippen MR) is 64.3 cm³/mol. The van der Waals surface area contributed by atoms with E-state index < -0.39 is 22.1 Å². The average molecular weight is 261 g/mol. The molecular formula is C12H11N3O4. The molecule has 0 aliphatic carbocycles. The maximum atomic E-state index is 10.9. The lowest BCUT2D eigenvalue weighted by atomic mass is 10.00. The van der Waals surface area contributed by atoms with Gasteiger partial charge in [0.2, 0.25) is 11.5 Å². The molecule has 0 amide bonds. The number of aryl methyl sites for hydroxylation is 2. The first-order valence-corrected chi connectivity index (χ1v) is 5.47. The molecule has 1 rings (SSSR count). The zero-order valence-corrected chi connectivity index (χ0v) is 9.96. The molecule has 0 atom stereocenters. The van der Waals surface area contributed by atoms with E-state index in [9.17, 15) is 20.3 Å². The van der Waals surface area contributed by atoms with E-state index in [0.717, 1.165) is 0 Å². The van der Waals surface area contributed by atoms with E-state index in [4.69, 9.17) is 10.5 Å². The van der Waals surface area contributed by atoms with Gasteiger partial charge in [0.1, 0.15) is 0 Å². The number of hydrogen-bond donors (Lipinski definition) is 2. The molecule has 98 valence electrons. The molecule has 1 aromatic rings. The molecule has 0 aliphatic heterocycles. The second kappa shape index (κ2) is 6.22. The number of nitro groups is 1. The Balaban J connectivity index is 3.34. The van der Waals surface area contributed by atoms with Crippen LogP contribution in [0.15, 0.2) is 6.07 Å². The summed E-state index contributed by atoms with van der Waals surface area (Å²) in [6.45, 7) is 0. The normalized spacial score (nSPS) is 9.58. The Kier molecular flexibility index (Phi) is 4.67. The molecule has 0 aliphatic rings. The van der Waals surface area contributed by atoms with Crippen molar-refractivity contribution in [2.24, 2.45) is 0 Å². The fraction of sp³-hybridized carbons (Fsp3) is 0.333. The van der Waals surface area contributed by atoms with Crippen molar-refractivity contribution in [3.05, 3.63) is 27.3 Å². The van der Waals surface area contributed by atoms with Gasteiger partial charge >= 0.3 is 5.69 Å². The molecule has 19 heavy (non-hydrogen) atoms. The molecule has 0 spiro atoms. The van der Waals surface area contributed by atoms with Gasteiger partial charge in [-0.05, 0) is 18.9 Å². The van der Waals surface area contributed by atoms with Crippen molar-refractivity contribution in [3.63, 3.8) is 0 Å². The maximum Gasteiger partial charge on any atom is 0.352 e. The summed E-state index contributed by atoms with van der Waals surface area (Å²) in [5, 5.41) is 47.3. The maximum absolute atomic E-state index is 10.9. The third-order valence-electron chi connectivity index (χ3n) is 2.60. The summed E-state index contributed by atoms with van der Waals surface area (Å²) in [6, 6.07) is 5.14. The van der Waals surface area contributed by atoms with Gasteiger partial charge in [-0.2, -0.15) is 10.5 Å². The Bertz CT molecular complexity index is 542. The zero-order valence-electron chi connectivity index (χ0n) is 9.96. The zero-order chi connectivity index (χ0) is 14.4. The van der Waals surface area contributed by atoms with Crippen LogP contribution in [0.4, 0.5) is 5.69 Å². The molecule has 0 heterocycles. The van der Waals surface area contributed by atoms with Gasteiger partial charge in [0.25, 0.3) is 0 Å². The minimum atomic E-state index is -0.879. The quantitative estimate of drug-likeness (QED) is 0.614. The first kappa shape index (κ1) is 14.3. The number of nitro benzene ring substituents is 1. The molecule has 0 saturated carbocycles. The van der Waals surface area contributed by atoms with E-state index >= 15 is 0 Å². The highest BCUT2D eigenvalue weighted by Gasteiger charge is 2.26. The van der Waals surface area contributed by atoms with Gasteiger partial charge in [-0.3, -0.25) is 10.1 Å². The summed E-state index contributed by atoms with van der Waals surface area (Å²) in [5.74, 6) is -1.25. The van der Waals surface area contributed by atoms with Crippen molar-refractivity contribution >= 4 is 5.69 Å². The molecule has 1 aromatic carbocycles. The Hall–Kier alpha value is -2.80. The van der Waals surface area contributed by atoms with E-state index in [2.05, 4.69) is 0 Å². The van der Waals surface area contributed by atoms with Crippen molar-refractivity contribution in [3.8, 4) is 23.6 Å². The molecule has 0 bridgehead atoms. The summed E-state index contributed by atoms with van der Waals surface area (Å²) in [7, 11) is 0. The van der Waals surface area contributed by atoms with E-state index in [1.54, 1.807) is 0 Å². The Labute approximate surface area is 109 Å². The number of rotatable bonds is 5.